The average molecular weight is 266 g/mol. The Bertz CT molecular complexity index is 376. The molecule has 1 rings (SSSR count). The molecule has 0 heterocycles. The maximum absolute atomic E-state index is 9.90. The highest BCUT2D eigenvalue weighted by atomic mass is 16.5. The third kappa shape index (κ3) is 4.84. The molecule has 2 N–H and O–H groups in total. The maximum Gasteiger partial charge on any atom is 0.119 e. The normalized spacial score (nSPS) is 14.2. The second-order valence-corrected chi connectivity index (χ2v) is 4.95. The molecular formula is C16H26O3. The van der Waals surface area contributed by atoms with Crippen LogP contribution in [0.15, 0.2) is 18.2 Å². The Morgan fingerprint density at radius 2 is 1.74 bits per heavy atom. The molecule has 0 aliphatic rings. The third-order valence-electron chi connectivity index (χ3n) is 3.53. The van der Waals surface area contributed by atoms with Gasteiger partial charge in [-0.25, -0.2) is 0 Å². The predicted molar refractivity (Wildman–Crippen MR) is 77.6 cm³/mol. The summed E-state index contributed by atoms with van der Waals surface area (Å²) in [5.74, 6) is 0.868. The van der Waals surface area contributed by atoms with Crippen molar-refractivity contribution in [3.63, 3.8) is 0 Å². The van der Waals surface area contributed by atoms with E-state index < -0.39 is 12.2 Å². The van der Waals surface area contributed by atoms with Gasteiger partial charge in [0, 0.05) is 0 Å². The van der Waals surface area contributed by atoms with E-state index in [0.29, 0.717) is 12.8 Å². The molecule has 3 nitrogen and oxygen atoms in total. The lowest BCUT2D eigenvalue weighted by Gasteiger charge is -2.18. The molecule has 2 atom stereocenters. The van der Waals surface area contributed by atoms with E-state index in [2.05, 4.69) is 13.0 Å². The van der Waals surface area contributed by atoms with Crippen LogP contribution in [0.1, 0.15) is 44.2 Å². The Labute approximate surface area is 116 Å². The highest BCUT2D eigenvalue weighted by Gasteiger charge is 2.15. The van der Waals surface area contributed by atoms with E-state index in [1.54, 1.807) is 7.11 Å². The lowest BCUT2D eigenvalue weighted by Crippen LogP contribution is -2.26. The summed E-state index contributed by atoms with van der Waals surface area (Å²) in [5.41, 5.74) is 2.47. The quantitative estimate of drug-likeness (QED) is 0.760. The molecule has 0 bridgehead atoms. The molecule has 0 aromatic heterocycles. The Morgan fingerprint density at radius 3 is 2.32 bits per heavy atom. The van der Waals surface area contributed by atoms with Gasteiger partial charge in [0.2, 0.25) is 0 Å². The van der Waals surface area contributed by atoms with Crippen molar-refractivity contribution < 1.29 is 14.9 Å². The summed E-state index contributed by atoms with van der Waals surface area (Å²) in [6.07, 6.45) is 2.64. The lowest BCUT2D eigenvalue weighted by molar-refractivity contribution is 0.00978. The molecule has 0 aliphatic carbocycles. The number of hydrogen-bond acceptors (Lipinski definition) is 3. The number of rotatable bonds is 8. The van der Waals surface area contributed by atoms with Crippen molar-refractivity contribution in [2.45, 2.75) is 58.2 Å². The molecule has 19 heavy (non-hydrogen) atoms. The van der Waals surface area contributed by atoms with E-state index in [9.17, 15) is 10.2 Å². The van der Waals surface area contributed by atoms with Crippen LogP contribution in [0.4, 0.5) is 0 Å². The number of ether oxygens (including phenoxy) is 1. The summed E-state index contributed by atoms with van der Waals surface area (Å²) < 4.78 is 5.22. The van der Waals surface area contributed by atoms with Crippen molar-refractivity contribution in [2.24, 2.45) is 0 Å². The fraction of sp³-hybridized carbons (Fsp3) is 0.625. The van der Waals surface area contributed by atoms with E-state index in [-0.39, 0.29) is 0 Å². The smallest absolute Gasteiger partial charge is 0.119 e. The minimum Gasteiger partial charge on any atom is -0.497 e. The topological polar surface area (TPSA) is 49.7 Å². The molecule has 0 saturated heterocycles. The van der Waals surface area contributed by atoms with Crippen molar-refractivity contribution in [3.05, 3.63) is 29.3 Å². The molecule has 0 spiro atoms. The molecule has 1 aromatic carbocycles. The molecule has 0 fully saturated rings. The largest absolute Gasteiger partial charge is 0.497 e. The summed E-state index contributed by atoms with van der Waals surface area (Å²) in [6.45, 7) is 4.12. The molecule has 3 heteroatoms. The van der Waals surface area contributed by atoms with Crippen LogP contribution >= 0.6 is 0 Å². The minimum atomic E-state index is -0.633. The van der Waals surface area contributed by atoms with Crippen LogP contribution in [-0.4, -0.2) is 29.5 Å². The van der Waals surface area contributed by atoms with Gasteiger partial charge in [0.1, 0.15) is 5.75 Å². The van der Waals surface area contributed by atoms with Gasteiger partial charge in [0.25, 0.3) is 0 Å². The van der Waals surface area contributed by atoms with Crippen LogP contribution in [0.25, 0.3) is 0 Å². The fourth-order valence-electron chi connectivity index (χ4n) is 2.29. The second-order valence-electron chi connectivity index (χ2n) is 4.95. The van der Waals surface area contributed by atoms with Crippen molar-refractivity contribution in [1.82, 2.24) is 0 Å². The Balaban J connectivity index is 2.62. The highest BCUT2D eigenvalue weighted by Crippen LogP contribution is 2.20. The predicted octanol–water partition coefficient (Wildman–Crippen LogP) is 2.71. The summed E-state index contributed by atoms with van der Waals surface area (Å²) >= 11 is 0. The van der Waals surface area contributed by atoms with Gasteiger partial charge in [-0.15, -0.1) is 0 Å². The van der Waals surface area contributed by atoms with Gasteiger partial charge >= 0.3 is 0 Å². The minimum absolute atomic E-state index is 0.598. The van der Waals surface area contributed by atoms with Crippen LogP contribution in [-0.2, 0) is 12.8 Å². The molecule has 0 amide bonds. The van der Waals surface area contributed by atoms with Gasteiger partial charge in [0.15, 0.2) is 0 Å². The van der Waals surface area contributed by atoms with Crippen LogP contribution in [0, 0.1) is 0 Å². The van der Waals surface area contributed by atoms with E-state index in [1.807, 2.05) is 19.1 Å². The van der Waals surface area contributed by atoms with E-state index >= 15 is 0 Å². The van der Waals surface area contributed by atoms with Crippen molar-refractivity contribution >= 4 is 0 Å². The number of hydrogen-bond donors (Lipinski definition) is 2. The second kappa shape index (κ2) is 8.18. The van der Waals surface area contributed by atoms with Crippen molar-refractivity contribution in [3.8, 4) is 5.75 Å². The number of aryl methyl sites for hydroxylation is 2. The molecule has 0 radical (unpaired) electrons. The zero-order valence-electron chi connectivity index (χ0n) is 12.2. The lowest BCUT2D eigenvalue weighted by atomic mass is 9.96. The summed E-state index contributed by atoms with van der Waals surface area (Å²) in [7, 11) is 1.67. The van der Waals surface area contributed by atoms with Crippen molar-refractivity contribution in [1.29, 1.82) is 0 Å². The molecule has 0 saturated carbocycles. The van der Waals surface area contributed by atoms with Crippen LogP contribution in [0.5, 0.6) is 5.75 Å². The Morgan fingerprint density at radius 1 is 1.05 bits per heavy atom. The molecule has 1 aromatic rings. The fourth-order valence-corrected chi connectivity index (χ4v) is 2.29. The van der Waals surface area contributed by atoms with Crippen LogP contribution in [0.2, 0.25) is 0 Å². The number of methoxy groups -OCH3 is 1. The maximum atomic E-state index is 9.90. The van der Waals surface area contributed by atoms with Crippen LogP contribution < -0.4 is 4.74 Å². The third-order valence-corrected chi connectivity index (χ3v) is 3.53. The monoisotopic (exact) mass is 266 g/mol. The van der Waals surface area contributed by atoms with Gasteiger partial charge in [-0.05, 0) is 48.9 Å². The van der Waals surface area contributed by atoms with Gasteiger partial charge in [-0.3, -0.25) is 0 Å². The number of aliphatic hydroxyl groups excluding tert-OH is 2. The highest BCUT2D eigenvalue weighted by molar-refractivity contribution is 5.35. The molecule has 2 unspecified atom stereocenters. The Hall–Kier alpha value is -1.06. The first kappa shape index (κ1) is 16.0. The Kier molecular flexibility index (Phi) is 6.89. The SMILES string of the molecule is CCCC(O)C(O)CCc1ccc(OC)cc1CC. The molecule has 108 valence electrons. The van der Waals surface area contributed by atoms with Crippen LogP contribution in [0.3, 0.4) is 0 Å². The summed E-state index contributed by atoms with van der Waals surface area (Å²) in [4.78, 5) is 0. The number of aliphatic hydroxyl groups is 2. The van der Waals surface area contributed by atoms with E-state index in [4.69, 9.17) is 4.74 Å². The van der Waals surface area contributed by atoms with Gasteiger partial charge in [-0.2, -0.15) is 0 Å². The number of benzene rings is 1. The zero-order chi connectivity index (χ0) is 14.3. The van der Waals surface area contributed by atoms with Crippen molar-refractivity contribution in [2.75, 3.05) is 7.11 Å². The average Bonchev–Trinajstić information content (AvgIpc) is 2.44. The molecule has 0 aliphatic heterocycles. The first-order chi connectivity index (χ1) is 9.12. The van der Waals surface area contributed by atoms with Gasteiger partial charge < -0.3 is 14.9 Å². The summed E-state index contributed by atoms with van der Waals surface area (Å²) in [6, 6.07) is 6.05. The first-order valence-corrected chi connectivity index (χ1v) is 7.14. The summed E-state index contributed by atoms with van der Waals surface area (Å²) in [5, 5.41) is 19.6. The van der Waals surface area contributed by atoms with Gasteiger partial charge in [0.05, 0.1) is 19.3 Å². The van der Waals surface area contributed by atoms with E-state index in [1.165, 1.54) is 11.1 Å². The molecular weight excluding hydrogens is 240 g/mol. The first-order valence-electron chi connectivity index (χ1n) is 7.14. The van der Waals surface area contributed by atoms with Gasteiger partial charge in [-0.1, -0.05) is 26.3 Å². The standard InChI is InChI=1S/C16H26O3/c1-4-6-15(17)16(18)10-8-13-7-9-14(19-3)11-12(13)5-2/h7,9,11,15-18H,4-6,8,10H2,1-3H3. The zero-order valence-corrected chi connectivity index (χ0v) is 12.2. The van der Waals surface area contributed by atoms with E-state index in [0.717, 1.165) is 25.0 Å².